The molecule has 0 aliphatic rings. The Kier molecular flexibility index (Phi) is 2.70. The molecule has 0 radical (unpaired) electrons. The summed E-state index contributed by atoms with van der Waals surface area (Å²) in [5.41, 5.74) is 0.731. The fraction of sp³-hybridized carbons (Fsp3) is 0.400. The van der Waals surface area contributed by atoms with Crippen molar-refractivity contribution in [2.24, 2.45) is 0 Å². The van der Waals surface area contributed by atoms with Crippen LogP contribution in [0.25, 0.3) is 11.4 Å². The van der Waals surface area contributed by atoms with E-state index < -0.39 is 11.5 Å². The molecule has 0 saturated heterocycles. The fourth-order valence-corrected chi connectivity index (χ4v) is 2.24. The Morgan fingerprint density at radius 1 is 1.47 bits per heavy atom. The van der Waals surface area contributed by atoms with Gasteiger partial charge in [0.15, 0.2) is 11.4 Å². The van der Waals surface area contributed by atoms with Gasteiger partial charge in [-0.15, -0.1) is 5.10 Å². The second kappa shape index (κ2) is 3.92. The Labute approximate surface area is 102 Å². The third-order valence-corrected chi connectivity index (χ3v) is 3.48. The lowest BCUT2D eigenvalue weighted by Gasteiger charge is -2.20. The number of carboxylic acids is 1. The van der Waals surface area contributed by atoms with Gasteiger partial charge >= 0.3 is 5.97 Å². The summed E-state index contributed by atoms with van der Waals surface area (Å²) >= 11 is 1.54. The van der Waals surface area contributed by atoms with E-state index in [1.807, 2.05) is 17.7 Å². The molecule has 2 aromatic rings. The molecular weight excluding hydrogens is 240 g/mol. The average molecular weight is 252 g/mol. The maximum atomic E-state index is 11.2. The first-order valence-electron chi connectivity index (χ1n) is 5.00. The summed E-state index contributed by atoms with van der Waals surface area (Å²) in [6.45, 7) is 5.08. The van der Waals surface area contributed by atoms with Gasteiger partial charge in [-0.25, -0.2) is 9.48 Å². The molecule has 6 nitrogen and oxygen atoms in total. The molecule has 17 heavy (non-hydrogen) atoms. The lowest BCUT2D eigenvalue weighted by atomic mass is 10.1. The van der Waals surface area contributed by atoms with E-state index in [9.17, 15) is 9.90 Å². The van der Waals surface area contributed by atoms with E-state index >= 15 is 0 Å². The molecule has 0 unspecified atom stereocenters. The maximum Gasteiger partial charge on any atom is 0.331 e. The van der Waals surface area contributed by atoms with E-state index in [4.69, 9.17) is 0 Å². The zero-order valence-electron chi connectivity index (χ0n) is 9.71. The molecule has 0 bridgehead atoms. The lowest BCUT2D eigenvalue weighted by molar-refractivity contribution is -0.146. The number of hydrogen-bond acceptors (Lipinski definition) is 5. The van der Waals surface area contributed by atoms with Crippen LogP contribution in [0, 0.1) is 6.92 Å². The van der Waals surface area contributed by atoms with Crippen molar-refractivity contribution in [3.8, 4) is 11.4 Å². The molecule has 0 amide bonds. The van der Waals surface area contributed by atoms with Crippen LogP contribution in [0.2, 0.25) is 0 Å². The van der Waals surface area contributed by atoms with Gasteiger partial charge in [-0.1, -0.05) is 0 Å². The van der Waals surface area contributed by atoms with E-state index in [1.54, 1.807) is 13.8 Å². The van der Waals surface area contributed by atoms with Gasteiger partial charge in [-0.2, -0.15) is 11.3 Å². The van der Waals surface area contributed by atoms with Crippen molar-refractivity contribution in [2.45, 2.75) is 26.3 Å². The lowest BCUT2D eigenvalue weighted by Crippen LogP contribution is -2.37. The third kappa shape index (κ3) is 1.82. The van der Waals surface area contributed by atoms with Gasteiger partial charge in [0.05, 0.1) is 0 Å². The van der Waals surface area contributed by atoms with Crippen LogP contribution in [0.1, 0.15) is 19.4 Å². The number of carboxylic acid groups (broad SMARTS) is 1. The molecule has 2 aromatic heterocycles. The van der Waals surface area contributed by atoms with Crippen LogP contribution in [-0.4, -0.2) is 31.3 Å². The van der Waals surface area contributed by atoms with Gasteiger partial charge in [-0.05, 0) is 42.1 Å². The van der Waals surface area contributed by atoms with Crippen molar-refractivity contribution in [1.29, 1.82) is 0 Å². The summed E-state index contributed by atoms with van der Waals surface area (Å²) < 4.78 is 1.34. The minimum Gasteiger partial charge on any atom is -0.479 e. The minimum absolute atomic E-state index is 0.483. The number of rotatable bonds is 3. The van der Waals surface area contributed by atoms with E-state index in [0.717, 1.165) is 11.1 Å². The molecular formula is C10H12N4O2S. The predicted molar refractivity (Wildman–Crippen MR) is 62.8 cm³/mol. The fourth-order valence-electron chi connectivity index (χ4n) is 1.41. The Hall–Kier alpha value is -1.76. The molecule has 0 spiro atoms. The molecule has 2 rings (SSSR count). The Bertz CT molecular complexity index is 558. The summed E-state index contributed by atoms with van der Waals surface area (Å²) in [6, 6.07) is 0. The highest BCUT2D eigenvalue weighted by molar-refractivity contribution is 7.08. The first-order chi connectivity index (χ1) is 7.94. The van der Waals surface area contributed by atoms with Crippen molar-refractivity contribution < 1.29 is 9.90 Å². The monoisotopic (exact) mass is 252 g/mol. The summed E-state index contributed by atoms with van der Waals surface area (Å²) in [5.74, 6) is -0.491. The number of carbonyl (C=O) groups is 1. The van der Waals surface area contributed by atoms with Gasteiger partial charge in [0.2, 0.25) is 0 Å². The highest BCUT2D eigenvalue weighted by Gasteiger charge is 2.34. The predicted octanol–water partition coefficient (Wildman–Crippen LogP) is 1.53. The highest BCUT2D eigenvalue weighted by atomic mass is 32.1. The van der Waals surface area contributed by atoms with Crippen LogP contribution in [0.5, 0.6) is 0 Å². The van der Waals surface area contributed by atoms with E-state index in [1.165, 1.54) is 16.0 Å². The van der Waals surface area contributed by atoms with E-state index in [-0.39, 0.29) is 0 Å². The normalized spacial score (nSPS) is 11.7. The number of hydrogen-bond donors (Lipinski definition) is 1. The quantitative estimate of drug-likeness (QED) is 0.895. The maximum absolute atomic E-state index is 11.2. The molecule has 2 heterocycles. The third-order valence-electron chi connectivity index (χ3n) is 2.62. The van der Waals surface area contributed by atoms with Crippen LogP contribution < -0.4 is 0 Å². The number of aliphatic carboxylic acids is 1. The standard InChI is InChI=1S/C10H12N4O2S/c1-6-4-17-5-7(6)8-11-12-13-14(8)10(2,3)9(15)16/h4-5H,1-3H3,(H,15,16). The van der Waals surface area contributed by atoms with Crippen molar-refractivity contribution in [2.75, 3.05) is 0 Å². The van der Waals surface area contributed by atoms with Crippen LogP contribution >= 0.6 is 11.3 Å². The minimum atomic E-state index is -1.17. The summed E-state index contributed by atoms with van der Waals surface area (Å²) in [5, 5.41) is 24.3. The van der Waals surface area contributed by atoms with Crippen LogP contribution in [0.4, 0.5) is 0 Å². The molecule has 0 saturated carbocycles. The van der Waals surface area contributed by atoms with Crippen molar-refractivity contribution in [3.05, 3.63) is 16.3 Å². The molecule has 0 aliphatic heterocycles. The molecule has 0 aromatic carbocycles. The Morgan fingerprint density at radius 3 is 2.71 bits per heavy atom. The van der Waals surface area contributed by atoms with Crippen molar-refractivity contribution in [1.82, 2.24) is 20.2 Å². The number of tetrazole rings is 1. The molecule has 0 aliphatic carbocycles. The Balaban J connectivity index is 2.57. The highest BCUT2D eigenvalue weighted by Crippen LogP contribution is 2.27. The number of thiophene rings is 1. The first-order valence-corrected chi connectivity index (χ1v) is 5.94. The summed E-state index contributed by atoms with van der Waals surface area (Å²) in [4.78, 5) is 11.2. The number of aryl methyl sites for hydroxylation is 1. The molecule has 1 N–H and O–H groups in total. The first kappa shape index (κ1) is 11.7. The van der Waals surface area contributed by atoms with Gasteiger partial charge in [0.25, 0.3) is 0 Å². The van der Waals surface area contributed by atoms with Gasteiger partial charge in [0.1, 0.15) is 0 Å². The van der Waals surface area contributed by atoms with Crippen LogP contribution in [-0.2, 0) is 10.3 Å². The second-order valence-electron chi connectivity index (χ2n) is 4.25. The zero-order valence-corrected chi connectivity index (χ0v) is 10.5. The Morgan fingerprint density at radius 2 is 2.18 bits per heavy atom. The van der Waals surface area contributed by atoms with Gasteiger partial charge in [0, 0.05) is 10.9 Å². The molecule has 0 atom stereocenters. The van der Waals surface area contributed by atoms with Crippen molar-refractivity contribution >= 4 is 17.3 Å². The number of nitrogens with zero attached hydrogens (tertiary/aromatic N) is 4. The smallest absolute Gasteiger partial charge is 0.331 e. The van der Waals surface area contributed by atoms with Crippen LogP contribution in [0.3, 0.4) is 0 Å². The average Bonchev–Trinajstić information content (AvgIpc) is 2.84. The topological polar surface area (TPSA) is 80.9 Å². The van der Waals surface area contributed by atoms with Crippen LogP contribution in [0.15, 0.2) is 10.8 Å². The van der Waals surface area contributed by atoms with Crippen molar-refractivity contribution in [3.63, 3.8) is 0 Å². The van der Waals surface area contributed by atoms with Gasteiger partial charge in [-0.3, -0.25) is 0 Å². The molecule has 0 fully saturated rings. The van der Waals surface area contributed by atoms with E-state index in [2.05, 4.69) is 15.5 Å². The van der Waals surface area contributed by atoms with Gasteiger partial charge < -0.3 is 5.11 Å². The molecule has 7 heteroatoms. The number of aromatic nitrogens is 4. The molecule has 90 valence electrons. The van der Waals surface area contributed by atoms with E-state index in [0.29, 0.717) is 5.82 Å². The largest absolute Gasteiger partial charge is 0.479 e. The SMILES string of the molecule is Cc1cscc1-c1nnnn1C(C)(C)C(=O)O. The second-order valence-corrected chi connectivity index (χ2v) is 4.99. The summed E-state index contributed by atoms with van der Waals surface area (Å²) in [6.07, 6.45) is 0. The summed E-state index contributed by atoms with van der Waals surface area (Å²) in [7, 11) is 0. The zero-order chi connectivity index (χ0) is 12.6.